The molecular weight excluding hydrogens is 409 g/mol. The van der Waals surface area contributed by atoms with Gasteiger partial charge in [-0.25, -0.2) is 9.98 Å². The second kappa shape index (κ2) is 7.64. The largest absolute Gasteiger partial charge is 0.314 e. The van der Waals surface area contributed by atoms with E-state index in [-0.39, 0.29) is 5.69 Å². The molecule has 0 radical (unpaired) electrons. The van der Waals surface area contributed by atoms with Crippen molar-refractivity contribution in [1.82, 2.24) is 13.9 Å². The smallest absolute Gasteiger partial charge is 0.185 e. The first-order valence-corrected chi connectivity index (χ1v) is 9.88. The van der Waals surface area contributed by atoms with Crippen molar-refractivity contribution >= 4 is 61.5 Å². The molecule has 0 fully saturated rings. The maximum absolute atomic E-state index is 9.23. The number of nitrogens with zero attached hydrogens (tertiary/aromatic N) is 5. The molecule has 122 valence electrons. The molecule has 0 atom stereocenters. The third kappa shape index (κ3) is 3.79. The van der Waals surface area contributed by atoms with Gasteiger partial charge < -0.3 is 4.57 Å². The highest BCUT2D eigenvalue weighted by Crippen LogP contribution is 2.23. The van der Waals surface area contributed by atoms with Gasteiger partial charge >= 0.3 is 0 Å². The van der Waals surface area contributed by atoms with Crippen LogP contribution in [0.5, 0.6) is 0 Å². The lowest BCUT2D eigenvalue weighted by atomic mass is 10.1. The summed E-state index contributed by atoms with van der Waals surface area (Å²) in [4.78, 5) is 8.53. The molecule has 0 spiro atoms. The van der Waals surface area contributed by atoms with E-state index < -0.39 is 0 Å². The topological polar surface area (TPSA) is 66.9 Å². The summed E-state index contributed by atoms with van der Waals surface area (Å²) in [6.07, 6.45) is 2.23. The van der Waals surface area contributed by atoms with E-state index in [1.807, 2.05) is 12.1 Å². The third-order valence-electron chi connectivity index (χ3n) is 3.17. The lowest BCUT2D eigenvalue weighted by Gasteiger charge is -2.07. The van der Waals surface area contributed by atoms with Gasteiger partial charge in [0.25, 0.3) is 0 Å². The van der Waals surface area contributed by atoms with Crippen LogP contribution in [0.2, 0.25) is 15.2 Å². The lowest BCUT2D eigenvalue weighted by Crippen LogP contribution is -2.02. The maximum atomic E-state index is 9.23. The van der Waals surface area contributed by atoms with Gasteiger partial charge in [0, 0.05) is 27.1 Å². The van der Waals surface area contributed by atoms with E-state index in [0.29, 0.717) is 38.7 Å². The number of benzene rings is 1. The molecule has 0 saturated carbocycles. The van der Waals surface area contributed by atoms with Crippen molar-refractivity contribution in [2.75, 3.05) is 0 Å². The van der Waals surface area contributed by atoms with Crippen molar-refractivity contribution in [3.63, 3.8) is 0 Å². The highest BCUT2D eigenvalue weighted by molar-refractivity contribution is 7.66. The zero-order valence-corrected chi connectivity index (χ0v) is 15.8. The van der Waals surface area contributed by atoms with Crippen molar-refractivity contribution in [3.8, 4) is 6.07 Å². The fourth-order valence-electron chi connectivity index (χ4n) is 2.02. The maximum Gasteiger partial charge on any atom is 0.185 e. The molecule has 0 aliphatic carbocycles. The first-order chi connectivity index (χ1) is 11.6. The number of nitriles is 1. The summed E-state index contributed by atoms with van der Waals surface area (Å²) in [6.45, 7) is 0.564. The van der Waals surface area contributed by atoms with Gasteiger partial charge in [-0.1, -0.05) is 40.9 Å². The Morgan fingerprint density at radius 2 is 2.12 bits per heavy atom. The molecule has 0 aliphatic rings. The summed E-state index contributed by atoms with van der Waals surface area (Å²) in [5, 5.41) is 10.7. The number of halogens is 3. The summed E-state index contributed by atoms with van der Waals surface area (Å²) < 4.78 is 6.34. The first-order valence-electron chi connectivity index (χ1n) is 6.64. The average Bonchev–Trinajstić information content (AvgIpc) is 3.13. The van der Waals surface area contributed by atoms with Crippen LogP contribution in [0.1, 0.15) is 11.3 Å². The fraction of sp³-hybridized carbons (Fsp3) is 0.143. The average molecular weight is 417 g/mol. The second-order valence-electron chi connectivity index (χ2n) is 4.66. The fourth-order valence-corrected chi connectivity index (χ4v) is 4.50. The zero-order valence-electron chi connectivity index (χ0n) is 11.9. The Hall–Kier alpha value is -1.43. The van der Waals surface area contributed by atoms with Gasteiger partial charge in [-0.3, -0.25) is 0 Å². The van der Waals surface area contributed by atoms with Gasteiger partial charge in [0.2, 0.25) is 0 Å². The number of hydrogen-bond donors (Lipinski definition) is 0. The number of imidazole rings is 1. The minimum Gasteiger partial charge on any atom is -0.314 e. The van der Waals surface area contributed by atoms with E-state index in [2.05, 4.69) is 14.3 Å². The normalized spacial score (nSPS) is 11.7. The number of hydrogen-bond acceptors (Lipinski definition) is 6. The Balaban J connectivity index is 1.91. The molecule has 5 nitrogen and oxygen atoms in total. The predicted molar refractivity (Wildman–Crippen MR) is 97.3 cm³/mol. The summed E-state index contributed by atoms with van der Waals surface area (Å²) in [5.74, 6) is 0.459. The van der Waals surface area contributed by atoms with Gasteiger partial charge in [0.05, 0.1) is 6.33 Å². The quantitative estimate of drug-likeness (QED) is 0.578. The predicted octanol–water partition coefficient (Wildman–Crippen LogP) is 4.71. The van der Waals surface area contributed by atoms with E-state index in [9.17, 15) is 5.26 Å². The van der Waals surface area contributed by atoms with E-state index >= 15 is 0 Å². The molecule has 2 heterocycles. The van der Waals surface area contributed by atoms with Crippen LogP contribution in [0.3, 0.4) is 0 Å². The van der Waals surface area contributed by atoms with Crippen LogP contribution in [-0.2, 0) is 13.0 Å². The van der Waals surface area contributed by atoms with E-state index in [4.69, 9.17) is 34.8 Å². The summed E-state index contributed by atoms with van der Waals surface area (Å²) in [6, 6.07) is 7.42. The van der Waals surface area contributed by atoms with Crippen LogP contribution in [-0.4, -0.2) is 13.9 Å². The minimum atomic E-state index is 0.242. The van der Waals surface area contributed by atoms with Crippen LogP contribution in [0.25, 0.3) is 0 Å². The van der Waals surface area contributed by atoms with Crippen molar-refractivity contribution in [1.29, 1.82) is 5.26 Å². The number of aryl methyl sites for hydroxylation is 2. The molecule has 3 rings (SSSR count). The van der Waals surface area contributed by atoms with Gasteiger partial charge in [0.1, 0.15) is 6.07 Å². The molecule has 0 N–H and O–H groups in total. The van der Waals surface area contributed by atoms with Gasteiger partial charge in [0.15, 0.2) is 21.3 Å². The van der Waals surface area contributed by atoms with Gasteiger partial charge in [-0.15, -0.1) is 0 Å². The van der Waals surface area contributed by atoms with Crippen LogP contribution in [0, 0.1) is 11.3 Å². The number of aromatic nitrogens is 3. The molecule has 24 heavy (non-hydrogen) atoms. The lowest BCUT2D eigenvalue weighted by molar-refractivity contribution is 0.697. The molecule has 0 amide bonds. The Kier molecular flexibility index (Phi) is 5.54. The minimum absolute atomic E-state index is 0.242. The van der Waals surface area contributed by atoms with Crippen LogP contribution in [0.15, 0.2) is 29.5 Å². The summed E-state index contributed by atoms with van der Waals surface area (Å²) in [5.41, 5.74) is 1.20. The van der Waals surface area contributed by atoms with Crippen molar-refractivity contribution < 1.29 is 0 Å². The first kappa shape index (κ1) is 17.4. The van der Waals surface area contributed by atoms with Gasteiger partial charge in [-0.05, 0) is 34.5 Å². The van der Waals surface area contributed by atoms with E-state index in [1.54, 1.807) is 23.0 Å². The molecule has 10 heteroatoms. The molecule has 2 aromatic heterocycles. The molecule has 1 aromatic carbocycles. The monoisotopic (exact) mass is 415 g/mol. The third-order valence-corrected chi connectivity index (χ3v) is 5.93. The van der Waals surface area contributed by atoms with Crippen molar-refractivity contribution in [3.05, 3.63) is 55.7 Å². The molecule has 3 aromatic rings. The van der Waals surface area contributed by atoms with Crippen LogP contribution in [0.4, 0.5) is 5.82 Å². The number of rotatable bonds is 4. The molecule has 0 unspecified atom stereocenters. The standard InChI is InChI=1S/C14H8Cl3N5S2/c15-9-2-1-8(10(16)5-9)3-4-22-7-19-11(6-18)13(22)20-14-12(17)21-24-23-14/h1-2,5,7H,3-4H2/b20-14-. The summed E-state index contributed by atoms with van der Waals surface area (Å²) >= 11 is 18.1. The Bertz CT molecular complexity index is 983. The highest BCUT2D eigenvalue weighted by atomic mass is 35.5. The molecular formula is C14H8Cl3N5S2. The molecule has 0 saturated heterocycles. The SMILES string of the molecule is N#Cc1ncn(CCc2ccc(Cl)cc2Cl)c1/N=c1\ssnc1Cl. The Morgan fingerprint density at radius 3 is 2.79 bits per heavy atom. The van der Waals surface area contributed by atoms with Gasteiger partial charge in [-0.2, -0.15) is 9.64 Å². The van der Waals surface area contributed by atoms with E-state index in [1.165, 1.54) is 20.9 Å². The van der Waals surface area contributed by atoms with Crippen LogP contribution >= 0.6 is 55.7 Å². The molecule has 0 aliphatic heterocycles. The highest BCUT2D eigenvalue weighted by Gasteiger charge is 2.12. The van der Waals surface area contributed by atoms with Crippen molar-refractivity contribution in [2.24, 2.45) is 4.99 Å². The van der Waals surface area contributed by atoms with Crippen LogP contribution < -0.4 is 4.67 Å². The Labute approximate surface area is 160 Å². The summed E-state index contributed by atoms with van der Waals surface area (Å²) in [7, 11) is 2.58. The molecule has 0 bridgehead atoms. The zero-order chi connectivity index (χ0) is 17.1. The van der Waals surface area contributed by atoms with Crippen molar-refractivity contribution in [2.45, 2.75) is 13.0 Å². The Morgan fingerprint density at radius 1 is 1.29 bits per heavy atom. The van der Waals surface area contributed by atoms with E-state index in [0.717, 1.165) is 5.56 Å². The second-order valence-corrected chi connectivity index (χ2v) is 7.70.